The molecule has 5 heteroatoms. The molecule has 2 heterocycles. The molecule has 6 aromatic rings. The van der Waals surface area contributed by atoms with Gasteiger partial charge in [-0.25, -0.2) is 9.97 Å². The van der Waals surface area contributed by atoms with Crippen LogP contribution in [0.25, 0.3) is 44.3 Å². The summed E-state index contributed by atoms with van der Waals surface area (Å²) in [5, 5.41) is 0.951. The zero-order chi connectivity index (χ0) is 26.2. The van der Waals surface area contributed by atoms with Gasteiger partial charge in [0.25, 0.3) is 0 Å². The Morgan fingerprint density at radius 3 is 2.36 bits per heavy atom. The summed E-state index contributed by atoms with van der Waals surface area (Å²) in [5.41, 5.74) is 11.1. The molecule has 1 aliphatic heterocycles. The minimum absolute atomic E-state index is 0.757. The first-order chi connectivity index (χ1) is 19.3. The predicted octanol–water partition coefficient (Wildman–Crippen LogP) is 8.55. The SMILES string of the molecule is C=Nc1cc(-c2nc3ccccc3[nH]cnc3ccccc23)ccc1N1Cc2ccccc2-c2ccccc21. The summed E-state index contributed by atoms with van der Waals surface area (Å²) in [6.07, 6.45) is 1.72. The zero-order valence-corrected chi connectivity index (χ0v) is 21.3. The fourth-order valence-corrected chi connectivity index (χ4v) is 5.41. The third-order valence-corrected chi connectivity index (χ3v) is 7.26. The molecule has 1 aliphatic rings. The Bertz CT molecular complexity index is 1940. The first-order valence-corrected chi connectivity index (χ1v) is 12.9. The summed E-state index contributed by atoms with van der Waals surface area (Å²) in [7, 11) is 0. The van der Waals surface area contributed by atoms with E-state index in [0.717, 1.165) is 56.8 Å². The second kappa shape index (κ2) is 9.54. The van der Waals surface area contributed by atoms with Gasteiger partial charge in [-0.05, 0) is 54.2 Å². The Morgan fingerprint density at radius 2 is 1.46 bits per heavy atom. The van der Waals surface area contributed by atoms with Crippen LogP contribution in [0.5, 0.6) is 0 Å². The zero-order valence-electron chi connectivity index (χ0n) is 21.3. The number of aromatic amines is 1. The van der Waals surface area contributed by atoms with E-state index in [-0.39, 0.29) is 0 Å². The van der Waals surface area contributed by atoms with Gasteiger partial charge in [0.15, 0.2) is 0 Å². The maximum Gasteiger partial charge on any atom is 0.0931 e. The van der Waals surface area contributed by atoms with E-state index >= 15 is 0 Å². The van der Waals surface area contributed by atoms with E-state index in [1.54, 1.807) is 6.33 Å². The summed E-state index contributed by atoms with van der Waals surface area (Å²) in [4.78, 5) is 20.0. The average Bonchev–Trinajstić information content (AvgIpc) is 3.08. The van der Waals surface area contributed by atoms with Crippen LogP contribution in [0.15, 0.2) is 127 Å². The Morgan fingerprint density at radius 1 is 0.718 bits per heavy atom. The number of para-hydroxylation sites is 4. The molecule has 1 aromatic heterocycles. The Balaban J connectivity index is 1.45. The van der Waals surface area contributed by atoms with Gasteiger partial charge in [0.1, 0.15) is 0 Å². The predicted molar refractivity (Wildman–Crippen MR) is 161 cm³/mol. The number of anilines is 2. The van der Waals surface area contributed by atoms with Crippen molar-refractivity contribution in [2.45, 2.75) is 6.54 Å². The first-order valence-electron chi connectivity index (χ1n) is 12.9. The number of fused-ring (bicyclic) bond motifs is 5. The van der Waals surface area contributed by atoms with Crippen LogP contribution in [0.4, 0.5) is 17.1 Å². The molecule has 0 radical (unpaired) electrons. The van der Waals surface area contributed by atoms with Gasteiger partial charge in [-0.2, -0.15) is 0 Å². The van der Waals surface area contributed by atoms with Gasteiger partial charge in [0.05, 0.1) is 39.9 Å². The lowest BCUT2D eigenvalue weighted by molar-refractivity contribution is 0.961. The van der Waals surface area contributed by atoms with Gasteiger partial charge >= 0.3 is 0 Å². The van der Waals surface area contributed by atoms with Gasteiger partial charge in [0.2, 0.25) is 0 Å². The number of rotatable bonds is 3. The van der Waals surface area contributed by atoms with Crippen LogP contribution in [0, 0.1) is 0 Å². The average molecular weight is 504 g/mol. The fourth-order valence-electron chi connectivity index (χ4n) is 5.41. The number of nitrogens with one attached hydrogen (secondary N) is 1. The molecule has 0 saturated carbocycles. The number of hydrogen-bond donors (Lipinski definition) is 1. The van der Waals surface area contributed by atoms with Crippen LogP contribution in [0.1, 0.15) is 5.56 Å². The summed E-state index contributed by atoms with van der Waals surface area (Å²) >= 11 is 0. The number of hydrogen-bond acceptors (Lipinski definition) is 4. The quantitative estimate of drug-likeness (QED) is 0.246. The van der Waals surface area contributed by atoms with Crippen LogP contribution >= 0.6 is 0 Å². The summed E-state index contributed by atoms with van der Waals surface area (Å²) in [6.45, 7) is 4.71. The third kappa shape index (κ3) is 4.01. The van der Waals surface area contributed by atoms with Crippen molar-refractivity contribution in [3.63, 3.8) is 0 Å². The second-order valence-corrected chi connectivity index (χ2v) is 9.52. The molecule has 0 saturated heterocycles. The van der Waals surface area contributed by atoms with Gasteiger partial charge in [0, 0.05) is 28.7 Å². The molecular weight excluding hydrogens is 478 g/mol. The van der Waals surface area contributed by atoms with E-state index in [9.17, 15) is 0 Å². The highest BCUT2D eigenvalue weighted by Crippen LogP contribution is 2.46. The van der Waals surface area contributed by atoms with Crippen molar-refractivity contribution in [1.29, 1.82) is 0 Å². The van der Waals surface area contributed by atoms with E-state index in [1.165, 1.54) is 16.7 Å². The molecule has 5 nitrogen and oxygen atoms in total. The number of aromatic nitrogens is 3. The Hall–Kier alpha value is -5.29. The van der Waals surface area contributed by atoms with E-state index in [4.69, 9.17) is 9.97 Å². The molecule has 0 spiro atoms. The highest BCUT2D eigenvalue weighted by Gasteiger charge is 2.24. The number of benzene rings is 5. The highest BCUT2D eigenvalue weighted by molar-refractivity contribution is 5.95. The summed E-state index contributed by atoms with van der Waals surface area (Å²) in [6, 6.07) is 39.5. The van der Waals surface area contributed by atoms with Crippen LogP contribution in [-0.4, -0.2) is 21.7 Å². The minimum Gasteiger partial charge on any atom is -0.345 e. The van der Waals surface area contributed by atoms with Crippen LogP contribution < -0.4 is 4.90 Å². The van der Waals surface area contributed by atoms with Crippen LogP contribution in [-0.2, 0) is 6.54 Å². The molecule has 39 heavy (non-hydrogen) atoms. The minimum atomic E-state index is 0.757. The van der Waals surface area contributed by atoms with Crippen molar-refractivity contribution >= 4 is 45.7 Å². The summed E-state index contributed by atoms with van der Waals surface area (Å²) in [5.74, 6) is 0. The molecule has 5 aromatic carbocycles. The standard InChI is InChI=1S/C34H25N5/c1-35-31-20-23(34-27-13-4-6-14-28(27)36-22-37-29-15-7-8-16-30(29)38-34)18-19-33(31)39-21-24-10-2-3-11-25(24)26-12-5-9-17-32(26)39/h2-20,22H,1,21H2,(H,36,37). The van der Waals surface area contributed by atoms with Crippen LogP contribution in [0.2, 0.25) is 0 Å². The van der Waals surface area contributed by atoms with Crippen molar-refractivity contribution in [2.24, 2.45) is 4.99 Å². The molecule has 0 fully saturated rings. The van der Waals surface area contributed by atoms with Crippen molar-refractivity contribution < 1.29 is 0 Å². The van der Waals surface area contributed by atoms with Crippen molar-refractivity contribution in [3.05, 3.63) is 127 Å². The van der Waals surface area contributed by atoms with E-state index in [2.05, 4.69) is 94.4 Å². The number of H-pyrrole nitrogens is 1. The topological polar surface area (TPSA) is 57.2 Å². The van der Waals surface area contributed by atoms with E-state index < -0.39 is 0 Å². The Labute approximate surface area is 226 Å². The van der Waals surface area contributed by atoms with Crippen molar-refractivity contribution in [1.82, 2.24) is 15.0 Å². The molecule has 0 amide bonds. The van der Waals surface area contributed by atoms with Crippen LogP contribution in [0.3, 0.4) is 0 Å². The normalized spacial score (nSPS) is 12.1. The molecule has 1 N–H and O–H groups in total. The van der Waals surface area contributed by atoms with Gasteiger partial charge < -0.3 is 9.88 Å². The lowest BCUT2D eigenvalue weighted by Gasteiger charge is -2.33. The second-order valence-electron chi connectivity index (χ2n) is 9.52. The first kappa shape index (κ1) is 22.9. The van der Waals surface area contributed by atoms with Gasteiger partial charge in [-0.3, -0.25) is 4.99 Å². The van der Waals surface area contributed by atoms with E-state index in [1.807, 2.05) is 42.5 Å². The monoisotopic (exact) mass is 503 g/mol. The van der Waals surface area contributed by atoms with Gasteiger partial charge in [-0.15, -0.1) is 0 Å². The smallest absolute Gasteiger partial charge is 0.0931 e. The third-order valence-electron chi connectivity index (χ3n) is 7.26. The molecule has 0 aliphatic carbocycles. The van der Waals surface area contributed by atoms with Crippen molar-refractivity contribution in [3.8, 4) is 22.4 Å². The van der Waals surface area contributed by atoms with Gasteiger partial charge in [-0.1, -0.05) is 78.9 Å². The molecule has 186 valence electrons. The molecule has 0 unspecified atom stereocenters. The van der Waals surface area contributed by atoms with E-state index in [0.29, 0.717) is 0 Å². The maximum absolute atomic E-state index is 5.15. The highest BCUT2D eigenvalue weighted by atomic mass is 15.2. The molecular formula is C34H25N5. The lowest BCUT2D eigenvalue weighted by atomic mass is 9.92. The number of aliphatic imine (C=N–C) groups is 1. The fraction of sp³-hybridized carbons (Fsp3) is 0.0294. The molecule has 7 rings (SSSR count). The Kier molecular flexibility index (Phi) is 5.60. The summed E-state index contributed by atoms with van der Waals surface area (Å²) < 4.78 is 0. The largest absolute Gasteiger partial charge is 0.345 e. The van der Waals surface area contributed by atoms with Crippen molar-refractivity contribution in [2.75, 3.05) is 4.90 Å². The molecule has 0 bridgehead atoms. The maximum atomic E-state index is 5.15. The molecule has 0 atom stereocenters. The lowest BCUT2D eigenvalue weighted by Crippen LogP contribution is -2.21. The number of nitrogens with zero attached hydrogens (tertiary/aromatic N) is 4.